The Labute approximate surface area is 249 Å². The van der Waals surface area contributed by atoms with Gasteiger partial charge in [0.25, 0.3) is 23.2 Å². The van der Waals surface area contributed by atoms with Crippen LogP contribution >= 0.6 is 0 Å². The molecular weight excluding hydrogens is 574 g/mol. The number of hydrazone groups is 1. The second kappa shape index (κ2) is 14.0. The second-order valence-corrected chi connectivity index (χ2v) is 8.87. The zero-order chi connectivity index (χ0) is 31.6. The van der Waals surface area contributed by atoms with Gasteiger partial charge in [-0.15, -0.1) is 0 Å². The smallest absolute Gasteiger partial charge is 0.343 e. The minimum Gasteiger partial charge on any atom is -0.490 e. The van der Waals surface area contributed by atoms with Gasteiger partial charge < -0.3 is 14.8 Å². The molecule has 0 fully saturated rings. The zero-order valence-corrected chi connectivity index (χ0v) is 23.0. The monoisotopic (exact) mass is 597 g/mol. The molecule has 0 aliphatic carbocycles. The van der Waals surface area contributed by atoms with Gasteiger partial charge in [0.2, 0.25) is 0 Å². The molecule has 14 heteroatoms. The maximum atomic E-state index is 12.7. The van der Waals surface area contributed by atoms with Gasteiger partial charge >= 0.3 is 5.97 Å². The van der Waals surface area contributed by atoms with Gasteiger partial charge in [0.15, 0.2) is 11.5 Å². The van der Waals surface area contributed by atoms with Crippen LogP contribution in [-0.4, -0.2) is 40.5 Å². The maximum absolute atomic E-state index is 12.7. The number of esters is 1. The average molecular weight is 598 g/mol. The van der Waals surface area contributed by atoms with Gasteiger partial charge in [0.1, 0.15) is 0 Å². The quantitative estimate of drug-likeness (QED) is 0.0774. The minimum absolute atomic E-state index is 0.112. The van der Waals surface area contributed by atoms with E-state index in [-0.39, 0.29) is 46.2 Å². The number of amides is 2. The first-order valence-corrected chi connectivity index (χ1v) is 12.9. The molecule has 0 radical (unpaired) electrons. The Balaban J connectivity index is 1.38. The highest BCUT2D eigenvalue weighted by molar-refractivity contribution is 6.05. The first-order valence-electron chi connectivity index (χ1n) is 12.9. The van der Waals surface area contributed by atoms with Crippen molar-refractivity contribution in [3.05, 3.63) is 133 Å². The van der Waals surface area contributed by atoms with Crippen LogP contribution in [0.15, 0.2) is 96.1 Å². The SMILES string of the molecule is CCOc1cc(C=NNC(=O)c2cccc(NC(=O)c3ccc([N+](=O)[O-])cc3)c2)ccc1OC(=O)c1ccc([N+](=O)[O-])cc1. The van der Waals surface area contributed by atoms with Crippen molar-refractivity contribution in [1.29, 1.82) is 0 Å². The van der Waals surface area contributed by atoms with E-state index >= 15 is 0 Å². The molecule has 0 aliphatic rings. The summed E-state index contributed by atoms with van der Waals surface area (Å²) in [5, 5.41) is 28.2. The third-order valence-corrected chi connectivity index (χ3v) is 5.89. The topological polar surface area (TPSA) is 192 Å². The van der Waals surface area contributed by atoms with Gasteiger partial charge in [-0.1, -0.05) is 6.07 Å². The molecular formula is C30H23N5O9. The van der Waals surface area contributed by atoms with Gasteiger partial charge in [-0.05, 0) is 73.2 Å². The molecule has 0 atom stereocenters. The first-order chi connectivity index (χ1) is 21.1. The van der Waals surface area contributed by atoms with Crippen molar-refractivity contribution in [3.8, 4) is 11.5 Å². The lowest BCUT2D eigenvalue weighted by molar-refractivity contribution is -0.385. The first kappa shape index (κ1) is 30.5. The molecule has 0 saturated carbocycles. The number of rotatable bonds is 11. The Bertz CT molecular complexity index is 1750. The predicted octanol–water partition coefficient (Wildman–Crippen LogP) is 5.14. The van der Waals surface area contributed by atoms with Gasteiger partial charge in [0.05, 0.1) is 28.2 Å². The van der Waals surface area contributed by atoms with E-state index in [2.05, 4.69) is 15.8 Å². The number of nitro benzene ring substituents is 2. The summed E-state index contributed by atoms with van der Waals surface area (Å²) in [6.07, 6.45) is 1.35. The number of non-ortho nitro benzene ring substituents is 2. The van der Waals surface area contributed by atoms with Crippen molar-refractivity contribution in [3.63, 3.8) is 0 Å². The second-order valence-electron chi connectivity index (χ2n) is 8.87. The van der Waals surface area contributed by atoms with Gasteiger partial charge in [0, 0.05) is 41.1 Å². The maximum Gasteiger partial charge on any atom is 0.343 e. The molecule has 4 rings (SSSR count). The Kier molecular flexibility index (Phi) is 9.68. The summed E-state index contributed by atoms with van der Waals surface area (Å²) in [5.41, 5.74) is 3.43. The highest BCUT2D eigenvalue weighted by Gasteiger charge is 2.15. The Morgan fingerprint density at radius 2 is 1.41 bits per heavy atom. The molecule has 0 aliphatic heterocycles. The fourth-order valence-electron chi connectivity index (χ4n) is 3.74. The molecule has 0 saturated heterocycles. The molecule has 0 heterocycles. The van der Waals surface area contributed by atoms with Gasteiger partial charge in [-0.2, -0.15) is 5.10 Å². The lowest BCUT2D eigenvalue weighted by Crippen LogP contribution is -2.18. The van der Waals surface area contributed by atoms with Crippen LogP contribution in [0.2, 0.25) is 0 Å². The van der Waals surface area contributed by atoms with Crippen LogP contribution in [-0.2, 0) is 0 Å². The molecule has 222 valence electrons. The number of nitro groups is 2. The summed E-state index contributed by atoms with van der Waals surface area (Å²) < 4.78 is 11.0. The van der Waals surface area contributed by atoms with Gasteiger partial charge in [-0.3, -0.25) is 29.8 Å². The number of hydrogen-bond donors (Lipinski definition) is 2. The number of anilines is 1. The van der Waals surface area contributed by atoms with Crippen molar-refractivity contribution >= 4 is 41.1 Å². The van der Waals surface area contributed by atoms with E-state index in [0.717, 1.165) is 0 Å². The molecule has 0 spiro atoms. The van der Waals surface area contributed by atoms with E-state index in [0.29, 0.717) is 11.3 Å². The van der Waals surface area contributed by atoms with E-state index in [1.54, 1.807) is 31.2 Å². The van der Waals surface area contributed by atoms with Crippen LogP contribution in [0.1, 0.15) is 43.6 Å². The number of ether oxygens (including phenoxy) is 2. The molecule has 2 N–H and O–H groups in total. The molecule has 0 aromatic heterocycles. The summed E-state index contributed by atoms with van der Waals surface area (Å²) >= 11 is 0. The fraction of sp³-hybridized carbons (Fsp3) is 0.0667. The third-order valence-electron chi connectivity index (χ3n) is 5.89. The average Bonchev–Trinajstić information content (AvgIpc) is 3.02. The number of carbonyl (C=O) groups excluding carboxylic acids is 3. The standard InChI is InChI=1S/C30H23N5O9/c1-2-43-27-16-19(6-15-26(27)44-30(38)21-9-13-25(14-10-21)35(41)42)18-31-33-29(37)22-4-3-5-23(17-22)32-28(36)20-7-11-24(12-8-20)34(39)40/h3-18H,2H2,1H3,(H,32,36)(H,33,37). The summed E-state index contributed by atoms with van der Waals surface area (Å²) in [4.78, 5) is 58.2. The van der Waals surface area contributed by atoms with E-state index in [1.165, 1.54) is 72.9 Å². The third kappa shape index (κ3) is 7.85. The Morgan fingerprint density at radius 3 is 2.02 bits per heavy atom. The van der Waals surface area contributed by atoms with Gasteiger partial charge in [-0.25, -0.2) is 10.2 Å². The van der Waals surface area contributed by atoms with Crippen LogP contribution in [0.4, 0.5) is 17.1 Å². The van der Waals surface area contributed by atoms with Crippen molar-refractivity contribution in [1.82, 2.24) is 5.43 Å². The lowest BCUT2D eigenvalue weighted by atomic mass is 10.1. The van der Waals surface area contributed by atoms with Crippen LogP contribution in [0, 0.1) is 20.2 Å². The lowest BCUT2D eigenvalue weighted by Gasteiger charge is -2.11. The number of nitrogens with one attached hydrogen (secondary N) is 2. The number of hydrogen-bond acceptors (Lipinski definition) is 10. The molecule has 0 bridgehead atoms. The highest BCUT2D eigenvalue weighted by Crippen LogP contribution is 2.29. The minimum atomic E-state index is -0.735. The van der Waals surface area contributed by atoms with E-state index < -0.39 is 27.6 Å². The number of benzene rings is 4. The number of carbonyl (C=O) groups is 3. The Hall–Kier alpha value is -6.44. The van der Waals surface area contributed by atoms with E-state index in [4.69, 9.17) is 9.47 Å². The van der Waals surface area contributed by atoms with Crippen molar-refractivity contribution < 1.29 is 33.7 Å². The van der Waals surface area contributed by atoms with Crippen molar-refractivity contribution in [2.45, 2.75) is 6.92 Å². The van der Waals surface area contributed by atoms with Crippen LogP contribution in [0.3, 0.4) is 0 Å². The van der Waals surface area contributed by atoms with Crippen LogP contribution < -0.4 is 20.2 Å². The largest absolute Gasteiger partial charge is 0.490 e. The number of nitrogens with zero attached hydrogens (tertiary/aromatic N) is 3. The highest BCUT2D eigenvalue weighted by atomic mass is 16.6. The normalized spacial score (nSPS) is 10.6. The summed E-state index contributed by atoms with van der Waals surface area (Å²) in [5.74, 6) is -1.46. The fourth-order valence-corrected chi connectivity index (χ4v) is 3.74. The van der Waals surface area contributed by atoms with Crippen LogP contribution in [0.25, 0.3) is 0 Å². The Morgan fingerprint density at radius 1 is 0.773 bits per heavy atom. The van der Waals surface area contributed by atoms with Crippen LogP contribution in [0.5, 0.6) is 11.5 Å². The van der Waals surface area contributed by atoms with Crippen molar-refractivity contribution in [2.75, 3.05) is 11.9 Å². The summed E-state index contributed by atoms with van der Waals surface area (Å²) in [6.45, 7) is 2.00. The molecule has 14 nitrogen and oxygen atoms in total. The van der Waals surface area contributed by atoms with E-state index in [1.807, 2.05) is 0 Å². The summed E-state index contributed by atoms with van der Waals surface area (Å²) in [7, 11) is 0. The predicted molar refractivity (Wildman–Crippen MR) is 158 cm³/mol. The molecule has 2 amide bonds. The van der Waals surface area contributed by atoms with E-state index in [9.17, 15) is 34.6 Å². The summed E-state index contributed by atoms with van der Waals surface area (Å²) in [6, 6.07) is 20.8. The molecule has 4 aromatic carbocycles. The van der Waals surface area contributed by atoms with Crippen molar-refractivity contribution in [2.24, 2.45) is 5.10 Å². The molecule has 0 unspecified atom stereocenters. The molecule has 44 heavy (non-hydrogen) atoms. The zero-order valence-electron chi connectivity index (χ0n) is 23.0. The molecule has 4 aromatic rings.